The maximum Gasteiger partial charge on any atom is 0.139 e. The lowest BCUT2D eigenvalue weighted by Gasteiger charge is -2.31. The van der Waals surface area contributed by atoms with Crippen LogP contribution in [0.3, 0.4) is 0 Å². The molecule has 0 radical (unpaired) electrons. The summed E-state index contributed by atoms with van der Waals surface area (Å²) in [6, 6.07) is 0. The first kappa shape index (κ1) is 9.95. The lowest BCUT2D eigenvalue weighted by atomic mass is 9.71. The fourth-order valence-electron chi connectivity index (χ4n) is 3.39. The summed E-state index contributed by atoms with van der Waals surface area (Å²) >= 11 is 0. The summed E-state index contributed by atoms with van der Waals surface area (Å²) in [7, 11) is 0. The van der Waals surface area contributed by atoms with Gasteiger partial charge in [0, 0.05) is 11.8 Å². The van der Waals surface area contributed by atoms with E-state index in [0.29, 0.717) is 11.7 Å². The summed E-state index contributed by atoms with van der Waals surface area (Å²) in [5, 5.41) is 0. The molecule has 0 N–H and O–H groups in total. The van der Waals surface area contributed by atoms with Crippen LogP contribution in [-0.4, -0.2) is 5.78 Å². The van der Waals surface area contributed by atoms with Gasteiger partial charge in [-0.3, -0.25) is 4.79 Å². The highest BCUT2D eigenvalue weighted by atomic mass is 16.1. The normalized spacial score (nSPS) is 38.6. The van der Waals surface area contributed by atoms with E-state index in [1.165, 1.54) is 25.7 Å². The number of carbonyl (C=O) groups is 1. The van der Waals surface area contributed by atoms with Gasteiger partial charge in [-0.1, -0.05) is 25.3 Å². The molecule has 0 aliphatic heterocycles. The van der Waals surface area contributed by atoms with Crippen LogP contribution in [0.5, 0.6) is 0 Å². The van der Waals surface area contributed by atoms with Gasteiger partial charge in [-0.05, 0) is 31.6 Å². The van der Waals surface area contributed by atoms with E-state index in [9.17, 15) is 4.79 Å². The summed E-state index contributed by atoms with van der Waals surface area (Å²) in [5.74, 6) is 1.02. The number of hydrogen-bond acceptors (Lipinski definition) is 1. The number of allylic oxidation sites excluding steroid dienone is 1. The third kappa shape index (κ3) is 1.43. The Hall–Kier alpha value is -0.590. The summed E-state index contributed by atoms with van der Waals surface area (Å²) in [5.41, 5.74) is 0.0260. The van der Waals surface area contributed by atoms with Gasteiger partial charge in [0.25, 0.3) is 0 Å². The molecule has 0 aromatic rings. The standard InChI is InChI=1S/C13H20O/c1-2-11-7-6-10-13(11)9-5-3-4-8-12(13)14/h2,11H,1,3-10H2/t11-,13-/m0/s1. The van der Waals surface area contributed by atoms with E-state index >= 15 is 0 Å². The van der Waals surface area contributed by atoms with Gasteiger partial charge < -0.3 is 0 Å². The monoisotopic (exact) mass is 192 g/mol. The number of carbonyl (C=O) groups excluding carboxylic acids is 1. The van der Waals surface area contributed by atoms with E-state index in [4.69, 9.17) is 0 Å². The Labute approximate surface area is 86.6 Å². The SMILES string of the molecule is C=C[C@H]1CCC[C@@]12CCCCCC2=O. The molecule has 2 atom stereocenters. The van der Waals surface area contributed by atoms with Crippen molar-refractivity contribution < 1.29 is 4.79 Å². The van der Waals surface area contributed by atoms with Gasteiger partial charge in [0.15, 0.2) is 0 Å². The van der Waals surface area contributed by atoms with E-state index in [-0.39, 0.29) is 5.41 Å². The van der Waals surface area contributed by atoms with Crippen molar-refractivity contribution in [2.45, 2.75) is 51.4 Å². The summed E-state index contributed by atoms with van der Waals surface area (Å²) in [6.07, 6.45) is 11.1. The Kier molecular flexibility index (Phi) is 2.76. The topological polar surface area (TPSA) is 17.1 Å². The predicted molar refractivity (Wildman–Crippen MR) is 58.1 cm³/mol. The summed E-state index contributed by atoms with van der Waals surface area (Å²) in [4.78, 5) is 12.2. The largest absolute Gasteiger partial charge is 0.299 e. The highest BCUT2D eigenvalue weighted by Crippen LogP contribution is 2.50. The summed E-state index contributed by atoms with van der Waals surface area (Å²) < 4.78 is 0. The first-order valence-electron chi connectivity index (χ1n) is 5.95. The molecule has 1 spiro atoms. The van der Waals surface area contributed by atoms with Crippen LogP contribution in [0.2, 0.25) is 0 Å². The minimum Gasteiger partial charge on any atom is -0.299 e. The molecular formula is C13H20O. The third-order valence-electron chi connectivity index (χ3n) is 4.21. The van der Waals surface area contributed by atoms with Crippen molar-refractivity contribution in [3.8, 4) is 0 Å². The molecule has 2 fully saturated rings. The van der Waals surface area contributed by atoms with Crippen molar-refractivity contribution in [1.29, 1.82) is 0 Å². The molecule has 0 aromatic carbocycles. The second-order valence-corrected chi connectivity index (χ2v) is 4.87. The van der Waals surface area contributed by atoms with Crippen LogP contribution < -0.4 is 0 Å². The molecule has 2 aliphatic carbocycles. The molecule has 14 heavy (non-hydrogen) atoms. The predicted octanol–water partition coefficient (Wildman–Crippen LogP) is 3.49. The number of ketones is 1. The molecular weight excluding hydrogens is 172 g/mol. The average molecular weight is 192 g/mol. The van der Waals surface area contributed by atoms with Crippen LogP contribution in [0.15, 0.2) is 12.7 Å². The van der Waals surface area contributed by atoms with Crippen LogP contribution in [0.4, 0.5) is 0 Å². The highest BCUT2D eigenvalue weighted by molar-refractivity contribution is 5.86. The average Bonchev–Trinajstić information content (AvgIpc) is 2.51. The van der Waals surface area contributed by atoms with Crippen LogP contribution in [0.1, 0.15) is 51.4 Å². The van der Waals surface area contributed by atoms with Gasteiger partial charge in [-0.25, -0.2) is 0 Å². The molecule has 0 amide bonds. The van der Waals surface area contributed by atoms with E-state index < -0.39 is 0 Å². The van der Waals surface area contributed by atoms with Crippen molar-refractivity contribution in [3.05, 3.63) is 12.7 Å². The molecule has 0 bridgehead atoms. The lowest BCUT2D eigenvalue weighted by molar-refractivity contribution is -0.129. The molecule has 1 nitrogen and oxygen atoms in total. The fraction of sp³-hybridized carbons (Fsp3) is 0.769. The van der Waals surface area contributed by atoms with Crippen molar-refractivity contribution >= 4 is 5.78 Å². The van der Waals surface area contributed by atoms with Gasteiger partial charge in [-0.2, -0.15) is 0 Å². The Morgan fingerprint density at radius 3 is 2.79 bits per heavy atom. The molecule has 2 aliphatic rings. The first-order valence-corrected chi connectivity index (χ1v) is 5.95. The minimum absolute atomic E-state index is 0.0260. The van der Waals surface area contributed by atoms with E-state index in [2.05, 4.69) is 6.58 Å². The Morgan fingerprint density at radius 1 is 1.21 bits per heavy atom. The smallest absolute Gasteiger partial charge is 0.139 e. The van der Waals surface area contributed by atoms with Crippen molar-refractivity contribution in [1.82, 2.24) is 0 Å². The highest BCUT2D eigenvalue weighted by Gasteiger charge is 2.46. The molecule has 0 saturated heterocycles. The van der Waals surface area contributed by atoms with Gasteiger partial charge in [0.05, 0.1) is 0 Å². The first-order chi connectivity index (χ1) is 6.79. The van der Waals surface area contributed by atoms with Crippen LogP contribution in [-0.2, 0) is 4.79 Å². The zero-order valence-corrected chi connectivity index (χ0v) is 8.93. The van der Waals surface area contributed by atoms with E-state index in [1.807, 2.05) is 6.08 Å². The van der Waals surface area contributed by atoms with E-state index in [1.54, 1.807) is 0 Å². The van der Waals surface area contributed by atoms with E-state index in [0.717, 1.165) is 25.7 Å². The quantitative estimate of drug-likeness (QED) is 0.581. The van der Waals surface area contributed by atoms with Gasteiger partial charge >= 0.3 is 0 Å². The molecule has 1 heteroatoms. The van der Waals surface area contributed by atoms with Gasteiger partial charge in [0.2, 0.25) is 0 Å². The Morgan fingerprint density at radius 2 is 2.00 bits per heavy atom. The maximum absolute atomic E-state index is 12.2. The van der Waals surface area contributed by atoms with Crippen LogP contribution in [0.25, 0.3) is 0 Å². The molecule has 2 rings (SSSR count). The Balaban J connectivity index is 2.25. The summed E-state index contributed by atoms with van der Waals surface area (Å²) in [6.45, 7) is 3.91. The molecule has 0 unspecified atom stereocenters. The lowest BCUT2D eigenvalue weighted by Crippen LogP contribution is -2.32. The maximum atomic E-state index is 12.2. The van der Waals surface area contributed by atoms with Gasteiger partial charge in [-0.15, -0.1) is 6.58 Å². The van der Waals surface area contributed by atoms with Gasteiger partial charge in [0.1, 0.15) is 5.78 Å². The van der Waals surface area contributed by atoms with Crippen molar-refractivity contribution in [3.63, 3.8) is 0 Å². The van der Waals surface area contributed by atoms with Crippen molar-refractivity contribution in [2.24, 2.45) is 11.3 Å². The zero-order chi connectivity index (χ0) is 10.0. The zero-order valence-electron chi connectivity index (χ0n) is 8.93. The number of hydrogen-bond donors (Lipinski definition) is 0. The molecule has 78 valence electrons. The second kappa shape index (κ2) is 3.88. The van der Waals surface area contributed by atoms with Crippen LogP contribution in [0, 0.1) is 11.3 Å². The molecule has 2 saturated carbocycles. The Bertz CT molecular complexity index is 244. The molecule has 0 aromatic heterocycles. The number of rotatable bonds is 1. The minimum atomic E-state index is 0.0260. The second-order valence-electron chi connectivity index (χ2n) is 4.87. The van der Waals surface area contributed by atoms with Crippen molar-refractivity contribution in [2.75, 3.05) is 0 Å². The number of Topliss-reactive ketones (excluding diaryl/α,β-unsaturated/α-hetero) is 1. The van der Waals surface area contributed by atoms with Crippen LogP contribution >= 0.6 is 0 Å². The molecule has 0 heterocycles. The fourth-order valence-corrected chi connectivity index (χ4v) is 3.39. The third-order valence-corrected chi connectivity index (χ3v) is 4.21.